The average Bonchev–Trinajstić information content (AvgIpc) is 3.60. The summed E-state index contributed by atoms with van der Waals surface area (Å²) < 4.78 is 20.6. The van der Waals surface area contributed by atoms with Crippen LogP contribution in [0.4, 0.5) is 9.39 Å². The first-order valence-corrected chi connectivity index (χ1v) is 13.6. The van der Waals surface area contributed by atoms with Crippen molar-refractivity contribution in [2.24, 2.45) is 0 Å². The maximum absolute atomic E-state index is 13.4. The van der Waals surface area contributed by atoms with Crippen LogP contribution in [0.1, 0.15) is 17.3 Å². The molecule has 1 amide bonds. The third-order valence-electron chi connectivity index (χ3n) is 5.20. The number of thiophene rings is 1. The molecular formula is C25H19FN4O3S3. The molecule has 0 aliphatic heterocycles. The van der Waals surface area contributed by atoms with Crippen molar-refractivity contribution in [3.8, 4) is 22.4 Å². The van der Waals surface area contributed by atoms with Gasteiger partial charge in [-0.3, -0.25) is 9.20 Å². The van der Waals surface area contributed by atoms with Crippen molar-refractivity contribution in [1.82, 2.24) is 14.6 Å². The zero-order chi connectivity index (χ0) is 25.1. The first kappa shape index (κ1) is 24.2. The van der Waals surface area contributed by atoms with Crippen LogP contribution >= 0.6 is 34.4 Å². The van der Waals surface area contributed by atoms with Gasteiger partial charge in [0.05, 0.1) is 18.1 Å². The Kier molecular flexibility index (Phi) is 7.12. The molecular weight excluding hydrogens is 519 g/mol. The third kappa shape index (κ3) is 4.90. The molecule has 0 unspecified atom stereocenters. The second kappa shape index (κ2) is 10.6. The van der Waals surface area contributed by atoms with E-state index in [9.17, 15) is 14.0 Å². The molecule has 1 N–H and O–H groups in total. The maximum atomic E-state index is 13.4. The molecule has 7 nitrogen and oxygen atoms in total. The minimum absolute atomic E-state index is 0.0664. The molecule has 0 spiro atoms. The number of fused-ring (bicyclic) bond motifs is 1. The third-order valence-corrected chi connectivity index (χ3v) is 7.84. The molecule has 0 saturated heterocycles. The minimum Gasteiger partial charge on any atom is -0.462 e. The Morgan fingerprint density at radius 1 is 1.03 bits per heavy atom. The summed E-state index contributed by atoms with van der Waals surface area (Å²) in [5, 5.41) is 16.0. The quantitative estimate of drug-likeness (QED) is 0.186. The summed E-state index contributed by atoms with van der Waals surface area (Å²) in [5.74, 6) is -1.16. The number of nitrogens with one attached hydrogen (secondary N) is 1. The van der Waals surface area contributed by atoms with E-state index in [1.807, 2.05) is 40.1 Å². The molecule has 0 saturated carbocycles. The summed E-state index contributed by atoms with van der Waals surface area (Å²) in [6.07, 6.45) is 0. The van der Waals surface area contributed by atoms with E-state index in [1.54, 1.807) is 24.4 Å². The Labute approximate surface area is 218 Å². The minimum atomic E-state index is -0.550. The maximum Gasteiger partial charge on any atom is 0.341 e. The van der Waals surface area contributed by atoms with Gasteiger partial charge in [0.2, 0.25) is 10.9 Å². The SMILES string of the molecule is CCOC(=O)c1c(-c2ccc(F)cc2)csc1NC(=O)CSc1nnc2scc(-c3ccccc3)n12. The van der Waals surface area contributed by atoms with Crippen molar-refractivity contribution in [1.29, 1.82) is 0 Å². The van der Waals surface area contributed by atoms with E-state index in [1.165, 1.54) is 46.6 Å². The Balaban J connectivity index is 1.36. The van der Waals surface area contributed by atoms with Crippen molar-refractivity contribution in [2.45, 2.75) is 12.1 Å². The van der Waals surface area contributed by atoms with Crippen LogP contribution in [0, 0.1) is 5.82 Å². The summed E-state index contributed by atoms with van der Waals surface area (Å²) >= 11 is 3.95. The highest BCUT2D eigenvalue weighted by Crippen LogP contribution is 2.37. The predicted molar refractivity (Wildman–Crippen MR) is 141 cm³/mol. The number of anilines is 1. The molecule has 3 aromatic heterocycles. The zero-order valence-corrected chi connectivity index (χ0v) is 21.4. The highest BCUT2D eigenvalue weighted by molar-refractivity contribution is 7.99. The van der Waals surface area contributed by atoms with Crippen LogP contribution in [0.3, 0.4) is 0 Å². The number of rotatable bonds is 8. The van der Waals surface area contributed by atoms with Crippen LogP contribution < -0.4 is 5.32 Å². The largest absolute Gasteiger partial charge is 0.462 e. The van der Waals surface area contributed by atoms with Gasteiger partial charge in [0.1, 0.15) is 16.4 Å². The molecule has 3 heterocycles. The number of thiazole rings is 1. The van der Waals surface area contributed by atoms with Crippen LogP contribution in [0.2, 0.25) is 0 Å². The summed E-state index contributed by atoms with van der Waals surface area (Å²) in [5.41, 5.74) is 3.46. The number of hydrogen-bond donors (Lipinski definition) is 1. The second-order valence-electron chi connectivity index (χ2n) is 7.51. The van der Waals surface area contributed by atoms with Crippen LogP contribution in [0.15, 0.2) is 70.5 Å². The van der Waals surface area contributed by atoms with Gasteiger partial charge in [-0.2, -0.15) is 0 Å². The number of carbonyl (C=O) groups excluding carboxylic acids is 2. The van der Waals surface area contributed by atoms with E-state index in [0.717, 1.165) is 16.2 Å². The van der Waals surface area contributed by atoms with E-state index in [2.05, 4.69) is 15.5 Å². The first-order valence-electron chi connectivity index (χ1n) is 10.9. The number of hydrogen-bond acceptors (Lipinski definition) is 8. The second-order valence-corrected chi connectivity index (χ2v) is 10.2. The van der Waals surface area contributed by atoms with Gasteiger partial charge in [0.15, 0.2) is 5.16 Å². The van der Waals surface area contributed by atoms with E-state index < -0.39 is 5.97 Å². The Morgan fingerprint density at radius 2 is 1.81 bits per heavy atom. The van der Waals surface area contributed by atoms with E-state index in [0.29, 0.717) is 21.3 Å². The summed E-state index contributed by atoms with van der Waals surface area (Å²) in [7, 11) is 0. The number of ether oxygens (including phenoxy) is 1. The molecule has 0 aliphatic carbocycles. The zero-order valence-electron chi connectivity index (χ0n) is 18.9. The highest BCUT2D eigenvalue weighted by atomic mass is 32.2. The number of halogens is 1. The summed E-state index contributed by atoms with van der Waals surface area (Å²) in [6.45, 7) is 1.90. The average molecular weight is 539 g/mol. The van der Waals surface area contributed by atoms with Crippen LogP contribution in [-0.4, -0.2) is 38.8 Å². The lowest BCUT2D eigenvalue weighted by Crippen LogP contribution is -2.16. The molecule has 36 heavy (non-hydrogen) atoms. The van der Waals surface area contributed by atoms with Crippen molar-refractivity contribution in [2.75, 3.05) is 17.7 Å². The highest BCUT2D eigenvalue weighted by Gasteiger charge is 2.23. The fraction of sp³-hybridized carbons (Fsp3) is 0.120. The predicted octanol–water partition coefficient (Wildman–Crippen LogP) is 6.23. The van der Waals surface area contributed by atoms with Gasteiger partial charge in [-0.25, -0.2) is 9.18 Å². The number of nitrogens with zero attached hydrogens (tertiary/aromatic N) is 3. The van der Waals surface area contributed by atoms with Gasteiger partial charge >= 0.3 is 5.97 Å². The smallest absolute Gasteiger partial charge is 0.341 e. The first-order chi connectivity index (χ1) is 17.5. The standard InChI is InChI=1S/C25H19FN4O3S3/c1-2-33-23(32)21-18(15-8-10-17(26)11-9-15)12-34-22(21)27-20(31)14-36-25-29-28-24-30(25)19(13-35-24)16-6-4-3-5-7-16/h3-13H,2,14H2,1H3,(H,27,31). The van der Waals surface area contributed by atoms with Gasteiger partial charge in [-0.05, 0) is 30.2 Å². The molecule has 5 aromatic rings. The molecule has 0 aliphatic rings. The molecule has 182 valence electrons. The van der Waals surface area contributed by atoms with Gasteiger partial charge in [-0.1, -0.05) is 54.2 Å². The molecule has 0 radical (unpaired) electrons. The van der Waals surface area contributed by atoms with Crippen LogP contribution in [-0.2, 0) is 9.53 Å². The fourth-order valence-electron chi connectivity index (χ4n) is 3.59. The number of amides is 1. The van der Waals surface area contributed by atoms with Crippen molar-refractivity contribution in [3.05, 3.63) is 76.7 Å². The monoisotopic (exact) mass is 538 g/mol. The van der Waals surface area contributed by atoms with Crippen LogP contribution in [0.25, 0.3) is 27.3 Å². The molecule has 11 heteroatoms. The number of benzene rings is 2. The molecule has 5 rings (SSSR count). The lowest BCUT2D eigenvalue weighted by atomic mass is 10.0. The van der Waals surface area contributed by atoms with Crippen molar-refractivity contribution in [3.63, 3.8) is 0 Å². The topological polar surface area (TPSA) is 85.6 Å². The molecule has 2 aromatic carbocycles. The van der Waals surface area contributed by atoms with E-state index >= 15 is 0 Å². The van der Waals surface area contributed by atoms with Gasteiger partial charge in [0, 0.05) is 16.3 Å². The summed E-state index contributed by atoms with van der Waals surface area (Å²) in [6, 6.07) is 15.7. The van der Waals surface area contributed by atoms with Crippen molar-refractivity contribution >= 4 is 56.3 Å². The van der Waals surface area contributed by atoms with Crippen LogP contribution in [0.5, 0.6) is 0 Å². The molecule has 0 atom stereocenters. The van der Waals surface area contributed by atoms with Crippen molar-refractivity contribution < 1.29 is 18.7 Å². The van der Waals surface area contributed by atoms with E-state index in [-0.39, 0.29) is 29.6 Å². The number of carbonyl (C=O) groups is 2. The normalized spacial score (nSPS) is 11.1. The molecule has 0 fully saturated rings. The molecule has 0 bridgehead atoms. The van der Waals surface area contributed by atoms with Gasteiger partial charge in [-0.15, -0.1) is 32.9 Å². The number of thioether (sulfide) groups is 1. The number of esters is 1. The lowest BCUT2D eigenvalue weighted by molar-refractivity contribution is -0.113. The Hall–Kier alpha value is -3.54. The van der Waals surface area contributed by atoms with Gasteiger partial charge in [0.25, 0.3) is 0 Å². The van der Waals surface area contributed by atoms with E-state index in [4.69, 9.17) is 4.74 Å². The fourth-order valence-corrected chi connectivity index (χ4v) is 6.20. The Morgan fingerprint density at radius 3 is 2.56 bits per heavy atom. The van der Waals surface area contributed by atoms with Gasteiger partial charge < -0.3 is 10.1 Å². The summed E-state index contributed by atoms with van der Waals surface area (Å²) in [4.78, 5) is 26.4. The number of aromatic nitrogens is 3. The Bertz CT molecular complexity index is 1530. The lowest BCUT2D eigenvalue weighted by Gasteiger charge is -2.09.